The lowest BCUT2D eigenvalue weighted by molar-refractivity contribution is -0.136. The van der Waals surface area contributed by atoms with Gasteiger partial charge in [0.15, 0.2) is 5.01 Å². The molecular weight excluding hydrogens is 575 g/mol. The van der Waals surface area contributed by atoms with Gasteiger partial charge in [-0.05, 0) is 37.1 Å². The highest BCUT2D eigenvalue weighted by molar-refractivity contribution is 14.1. The molecule has 0 unspecified atom stereocenters. The number of thioether (sulfide) groups is 1. The molecule has 0 aromatic carbocycles. The average Bonchev–Trinajstić information content (AvgIpc) is 3.24. The number of aromatic nitrogens is 2. The molecule has 3 N–H and O–H groups in total. The van der Waals surface area contributed by atoms with Crippen LogP contribution in [0.1, 0.15) is 32.4 Å². The summed E-state index contributed by atoms with van der Waals surface area (Å²) in [5, 5.41) is 8.51. The summed E-state index contributed by atoms with van der Waals surface area (Å²) in [6.45, 7) is 1.88. The molecule has 0 fully saturated rings. The van der Waals surface area contributed by atoms with Crippen molar-refractivity contribution >= 4 is 69.2 Å². The number of fused-ring (bicyclic) bond motifs is 1. The standard InChI is InChI=1S/C21H27IN6O3S2/c1-28-7-5-15-16(12-28)33-21(26-15)20(31)25-14(6-8-32-2)11-24-18(29)19(30)27-17-4-3-13(9-22)10-23-17/h3-4,10,14H,5-9,11-12H2,1-2H3,(H,24,29)(H,25,31)(H,23,27,30)/t14-/m1/s1. The molecule has 1 atom stereocenters. The van der Waals surface area contributed by atoms with Gasteiger partial charge in [0.2, 0.25) is 0 Å². The van der Waals surface area contributed by atoms with Crippen LogP contribution < -0.4 is 16.0 Å². The zero-order valence-corrected chi connectivity index (χ0v) is 22.3. The summed E-state index contributed by atoms with van der Waals surface area (Å²) in [7, 11) is 2.05. The van der Waals surface area contributed by atoms with Crippen LogP contribution in [0.25, 0.3) is 0 Å². The van der Waals surface area contributed by atoms with Gasteiger partial charge in [-0.1, -0.05) is 28.7 Å². The molecule has 178 valence electrons. The summed E-state index contributed by atoms with van der Waals surface area (Å²) in [5.74, 6) is -0.697. The van der Waals surface area contributed by atoms with Crippen LogP contribution >= 0.6 is 45.7 Å². The molecule has 1 aliphatic heterocycles. The minimum atomic E-state index is -0.795. The Balaban J connectivity index is 1.54. The lowest BCUT2D eigenvalue weighted by Gasteiger charge is -2.20. The molecule has 0 radical (unpaired) electrons. The lowest BCUT2D eigenvalue weighted by atomic mass is 10.2. The van der Waals surface area contributed by atoms with E-state index in [1.54, 1.807) is 24.0 Å². The van der Waals surface area contributed by atoms with Crippen LogP contribution in [0.2, 0.25) is 0 Å². The summed E-state index contributed by atoms with van der Waals surface area (Å²) in [5.41, 5.74) is 2.02. The highest BCUT2D eigenvalue weighted by Gasteiger charge is 2.23. The van der Waals surface area contributed by atoms with Gasteiger partial charge in [0.1, 0.15) is 5.82 Å². The monoisotopic (exact) mass is 602 g/mol. The minimum absolute atomic E-state index is 0.146. The number of thiazole rings is 1. The SMILES string of the molecule is CSCC[C@H](CNC(=O)C(=O)Nc1ccc(CI)cn1)NC(=O)c1nc2c(s1)CN(C)CC2. The summed E-state index contributed by atoms with van der Waals surface area (Å²) >= 11 is 5.29. The summed E-state index contributed by atoms with van der Waals surface area (Å²) in [6.07, 6.45) is 5.13. The minimum Gasteiger partial charge on any atom is -0.346 e. The van der Waals surface area contributed by atoms with Crippen LogP contribution in [0.3, 0.4) is 0 Å². The van der Waals surface area contributed by atoms with Crippen LogP contribution in [0, 0.1) is 0 Å². The smallest absolute Gasteiger partial charge is 0.314 e. The molecular formula is C21H27IN6O3S2. The molecule has 0 bridgehead atoms. The first-order chi connectivity index (χ1) is 15.9. The number of hydrogen-bond donors (Lipinski definition) is 3. The molecule has 0 spiro atoms. The average molecular weight is 603 g/mol. The predicted molar refractivity (Wildman–Crippen MR) is 140 cm³/mol. The number of pyridine rings is 1. The highest BCUT2D eigenvalue weighted by atomic mass is 127. The molecule has 12 heteroatoms. The number of nitrogens with zero attached hydrogens (tertiary/aromatic N) is 3. The van der Waals surface area contributed by atoms with Crippen molar-refractivity contribution in [1.82, 2.24) is 25.5 Å². The molecule has 1 aliphatic rings. The number of amides is 3. The van der Waals surface area contributed by atoms with Crippen LogP contribution in [0.15, 0.2) is 18.3 Å². The summed E-state index contributed by atoms with van der Waals surface area (Å²) in [6, 6.07) is 3.19. The Morgan fingerprint density at radius 3 is 2.82 bits per heavy atom. The quantitative estimate of drug-likeness (QED) is 0.229. The Kier molecular flexibility index (Phi) is 9.89. The number of likely N-dealkylation sites (N-methyl/N-ethyl adjacent to an activating group) is 1. The van der Waals surface area contributed by atoms with Gasteiger partial charge in [-0.15, -0.1) is 11.3 Å². The molecule has 0 saturated heterocycles. The van der Waals surface area contributed by atoms with Gasteiger partial charge in [0.25, 0.3) is 5.91 Å². The van der Waals surface area contributed by atoms with Gasteiger partial charge >= 0.3 is 11.8 Å². The molecule has 3 heterocycles. The Hall–Kier alpha value is -1.77. The molecule has 0 aliphatic carbocycles. The van der Waals surface area contributed by atoms with Crippen LogP contribution in [-0.4, -0.2) is 70.8 Å². The third kappa shape index (κ3) is 7.62. The van der Waals surface area contributed by atoms with Crippen molar-refractivity contribution in [3.63, 3.8) is 0 Å². The van der Waals surface area contributed by atoms with Crippen molar-refractivity contribution in [2.24, 2.45) is 0 Å². The maximum atomic E-state index is 12.8. The second-order valence-electron chi connectivity index (χ2n) is 7.68. The van der Waals surface area contributed by atoms with Crippen molar-refractivity contribution in [3.05, 3.63) is 39.5 Å². The number of alkyl halides is 1. The second-order valence-corrected chi connectivity index (χ2v) is 10.5. The number of halogens is 1. The van der Waals surface area contributed by atoms with Crippen LogP contribution in [0.4, 0.5) is 5.82 Å². The number of rotatable bonds is 9. The normalized spacial score (nSPS) is 14.3. The zero-order valence-electron chi connectivity index (χ0n) is 18.5. The predicted octanol–water partition coefficient (Wildman–Crippen LogP) is 2.07. The van der Waals surface area contributed by atoms with Gasteiger partial charge in [-0.2, -0.15) is 11.8 Å². The van der Waals surface area contributed by atoms with E-state index in [0.29, 0.717) is 17.2 Å². The van der Waals surface area contributed by atoms with Crippen LogP contribution in [0.5, 0.6) is 0 Å². The second kappa shape index (κ2) is 12.6. The number of nitrogens with one attached hydrogen (secondary N) is 3. The van der Waals surface area contributed by atoms with Crippen molar-refractivity contribution in [2.45, 2.75) is 29.9 Å². The first kappa shape index (κ1) is 25.8. The van der Waals surface area contributed by atoms with E-state index in [2.05, 4.69) is 60.5 Å². The molecule has 2 aromatic heterocycles. The maximum Gasteiger partial charge on any atom is 0.314 e. The number of carbonyl (C=O) groups is 3. The molecule has 2 aromatic rings. The Labute approximate surface area is 215 Å². The van der Waals surface area contributed by atoms with Crippen molar-refractivity contribution in [2.75, 3.05) is 37.5 Å². The molecule has 9 nitrogen and oxygen atoms in total. The van der Waals surface area contributed by atoms with E-state index in [0.717, 1.165) is 45.8 Å². The number of carbonyl (C=O) groups excluding carboxylic acids is 3. The van der Waals surface area contributed by atoms with Crippen molar-refractivity contribution in [1.29, 1.82) is 0 Å². The third-order valence-corrected chi connectivity index (χ3v) is 7.66. The Morgan fingerprint density at radius 1 is 1.30 bits per heavy atom. The fourth-order valence-electron chi connectivity index (χ4n) is 3.20. The zero-order chi connectivity index (χ0) is 23.8. The fraction of sp³-hybridized carbons (Fsp3) is 0.476. The topological polar surface area (TPSA) is 116 Å². The van der Waals surface area contributed by atoms with E-state index in [1.807, 2.05) is 12.3 Å². The van der Waals surface area contributed by atoms with E-state index in [-0.39, 0.29) is 18.5 Å². The Morgan fingerprint density at radius 2 is 2.12 bits per heavy atom. The first-order valence-corrected chi connectivity index (χ1v) is 14.2. The van der Waals surface area contributed by atoms with Crippen molar-refractivity contribution < 1.29 is 14.4 Å². The Bertz CT molecular complexity index is 985. The fourth-order valence-corrected chi connectivity index (χ4v) is 5.26. The summed E-state index contributed by atoms with van der Waals surface area (Å²) < 4.78 is 0.809. The third-order valence-electron chi connectivity index (χ3n) is 5.06. The molecule has 3 amide bonds. The molecule has 0 saturated carbocycles. The van der Waals surface area contributed by atoms with Gasteiger partial charge in [-0.3, -0.25) is 14.4 Å². The number of hydrogen-bond acceptors (Lipinski definition) is 8. The van der Waals surface area contributed by atoms with Crippen LogP contribution in [-0.2, 0) is 27.0 Å². The molecule has 3 rings (SSSR count). The van der Waals surface area contributed by atoms with Gasteiger partial charge in [0, 0.05) is 47.6 Å². The van der Waals surface area contributed by atoms with Gasteiger partial charge in [-0.25, -0.2) is 9.97 Å². The van der Waals surface area contributed by atoms with E-state index in [1.165, 1.54) is 11.3 Å². The lowest BCUT2D eigenvalue weighted by Crippen LogP contribution is -2.46. The number of anilines is 1. The van der Waals surface area contributed by atoms with E-state index in [4.69, 9.17) is 0 Å². The van der Waals surface area contributed by atoms with E-state index in [9.17, 15) is 14.4 Å². The molecule has 33 heavy (non-hydrogen) atoms. The highest BCUT2D eigenvalue weighted by Crippen LogP contribution is 2.24. The first-order valence-electron chi connectivity index (χ1n) is 10.5. The maximum absolute atomic E-state index is 12.8. The van der Waals surface area contributed by atoms with E-state index >= 15 is 0 Å². The summed E-state index contributed by atoms with van der Waals surface area (Å²) in [4.78, 5) is 49.3. The van der Waals surface area contributed by atoms with Crippen molar-refractivity contribution in [3.8, 4) is 0 Å². The van der Waals surface area contributed by atoms with Gasteiger partial charge < -0.3 is 20.9 Å². The van der Waals surface area contributed by atoms with E-state index < -0.39 is 11.8 Å². The largest absolute Gasteiger partial charge is 0.346 e. The van der Waals surface area contributed by atoms with Gasteiger partial charge in [0.05, 0.1) is 5.69 Å².